The summed E-state index contributed by atoms with van der Waals surface area (Å²) in [5.41, 5.74) is 4.32. The Morgan fingerprint density at radius 2 is 0.643 bits per heavy atom. The second kappa shape index (κ2) is 12.9. The molecule has 0 aliphatic heterocycles. The van der Waals surface area contributed by atoms with Crippen LogP contribution in [0.4, 0.5) is 11.4 Å². The minimum Gasteiger partial charge on any atom is -0.151 e. The van der Waals surface area contributed by atoms with Crippen molar-refractivity contribution in [3.8, 4) is 0 Å². The summed E-state index contributed by atoms with van der Waals surface area (Å²) in [6.07, 6.45) is 0. The fourth-order valence-corrected chi connectivity index (χ4v) is 10.9. The SMILES string of the molecule is Cc1ccc(N=Nc2ccc(C)cc2[Si](c2ccccc2)c2ccccc2)c([Si](c2ccccc2)c2ccccc2)c1. The third kappa shape index (κ3) is 6.15. The summed E-state index contributed by atoms with van der Waals surface area (Å²) in [6.45, 7) is 4.32. The number of hydrogen-bond donors (Lipinski definition) is 0. The first-order chi connectivity index (χ1) is 20.7. The van der Waals surface area contributed by atoms with Gasteiger partial charge in [0.05, 0.1) is 11.4 Å². The van der Waals surface area contributed by atoms with Gasteiger partial charge >= 0.3 is 0 Å². The minimum atomic E-state index is -1.30. The van der Waals surface area contributed by atoms with E-state index in [1.807, 2.05) is 0 Å². The number of rotatable bonds is 8. The number of azo groups is 1. The summed E-state index contributed by atoms with van der Waals surface area (Å²) in [4.78, 5) is 0. The van der Waals surface area contributed by atoms with Crippen LogP contribution in [-0.4, -0.2) is 17.6 Å². The fraction of sp³-hybridized carbons (Fsp3) is 0.0526. The highest BCUT2D eigenvalue weighted by molar-refractivity contribution is 6.97. The van der Waals surface area contributed by atoms with E-state index in [0.717, 1.165) is 11.4 Å². The van der Waals surface area contributed by atoms with Gasteiger partial charge in [0.2, 0.25) is 0 Å². The maximum absolute atomic E-state index is 5.02. The van der Waals surface area contributed by atoms with Gasteiger partial charge < -0.3 is 0 Å². The van der Waals surface area contributed by atoms with E-state index in [1.54, 1.807) is 0 Å². The Morgan fingerprint density at radius 1 is 0.357 bits per heavy atom. The highest BCUT2D eigenvalue weighted by atomic mass is 28.3. The van der Waals surface area contributed by atoms with Crippen molar-refractivity contribution in [1.29, 1.82) is 0 Å². The standard InChI is InChI=1S/C38H32N2Si2/c1-29-23-25-35(37(27-29)41(31-15-7-3-8-16-31)32-17-9-4-10-18-32)39-40-36-26-24-30(2)28-38(36)42(33-19-11-5-12-20-33)34-21-13-6-14-22-34/h3-28H,1-2H3. The van der Waals surface area contributed by atoms with Crippen molar-refractivity contribution in [3.63, 3.8) is 0 Å². The molecule has 6 rings (SSSR count). The number of aryl methyl sites for hydroxylation is 2. The van der Waals surface area contributed by atoms with Crippen LogP contribution >= 0.6 is 0 Å². The molecular formula is C38H32N2Si2. The molecule has 2 radical (unpaired) electrons. The van der Waals surface area contributed by atoms with E-state index in [9.17, 15) is 0 Å². The first-order valence-corrected chi connectivity index (χ1v) is 17.3. The molecule has 4 heteroatoms. The van der Waals surface area contributed by atoms with E-state index in [2.05, 4.69) is 172 Å². The van der Waals surface area contributed by atoms with Crippen LogP contribution in [0.2, 0.25) is 0 Å². The zero-order valence-corrected chi connectivity index (χ0v) is 25.9. The van der Waals surface area contributed by atoms with Gasteiger partial charge in [0, 0.05) is 0 Å². The lowest BCUT2D eigenvalue weighted by molar-refractivity contribution is 1.24. The zero-order valence-electron chi connectivity index (χ0n) is 23.9. The average molecular weight is 573 g/mol. The average Bonchev–Trinajstić information content (AvgIpc) is 3.04. The smallest absolute Gasteiger partial charge is 0.151 e. The second-order valence-corrected chi connectivity index (χ2v) is 15.3. The zero-order chi connectivity index (χ0) is 28.7. The summed E-state index contributed by atoms with van der Waals surface area (Å²) < 4.78 is 0. The predicted molar refractivity (Wildman–Crippen MR) is 182 cm³/mol. The van der Waals surface area contributed by atoms with Crippen LogP contribution in [0, 0.1) is 13.8 Å². The predicted octanol–water partition coefficient (Wildman–Crippen LogP) is 5.75. The van der Waals surface area contributed by atoms with Gasteiger partial charge in [0.1, 0.15) is 0 Å². The summed E-state index contributed by atoms with van der Waals surface area (Å²) in [5.74, 6) is 0. The molecule has 202 valence electrons. The van der Waals surface area contributed by atoms with Gasteiger partial charge in [-0.3, -0.25) is 0 Å². The Kier molecular flexibility index (Phi) is 8.45. The molecule has 0 unspecified atom stereocenters. The van der Waals surface area contributed by atoms with Crippen LogP contribution in [0.15, 0.2) is 168 Å². The van der Waals surface area contributed by atoms with Crippen molar-refractivity contribution in [2.75, 3.05) is 0 Å². The Balaban J connectivity index is 1.48. The van der Waals surface area contributed by atoms with E-state index in [1.165, 1.54) is 42.2 Å². The fourth-order valence-electron chi connectivity index (χ4n) is 5.36. The minimum absolute atomic E-state index is 0.932. The maximum atomic E-state index is 5.02. The third-order valence-corrected chi connectivity index (χ3v) is 12.9. The van der Waals surface area contributed by atoms with Gasteiger partial charge in [-0.2, -0.15) is 10.2 Å². The molecular weight excluding hydrogens is 541 g/mol. The first kappa shape index (κ1) is 27.5. The van der Waals surface area contributed by atoms with Crippen molar-refractivity contribution < 1.29 is 0 Å². The Bertz CT molecular complexity index is 1570. The van der Waals surface area contributed by atoms with Crippen molar-refractivity contribution in [3.05, 3.63) is 169 Å². The van der Waals surface area contributed by atoms with Crippen molar-refractivity contribution >= 4 is 60.1 Å². The highest BCUT2D eigenvalue weighted by Gasteiger charge is 2.24. The molecule has 0 bridgehead atoms. The molecule has 0 N–H and O–H groups in total. The lowest BCUT2D eigenvalue weighted by atomic mass is 10.2. The van der Waals surface area contributed by atoms with Crippen LogP contribution in [0.1, 0.15) is 11.1 Å². The van der Waals surface area contributed by atoms with Gasteiger partial charge in [-0.1, -0.05) is 177 Å². The molecule has 0 fully saturated rings. The summed E-state index contributed by atoms with van der Waals surface area (Å²) in [6, 6.07) is 56.6. The summed E-state index contributed by atoms with van der Waals surface area (Å²) in [5, 5.41) is 17.9. The number of hydrogen-bond acceptors (Lipinski definition) is 2. The van der Waals surface area contributed by atoms with Crippen molar-refractivity contribution in [1.82, 2.24) is 0 Å². The van der Waals surface area contributed by atoms with Gasteiger partial charge in [0.15, 0.2) is 17.6 Å². The molecule has 0 aliphatic carbocycles. The van der Waals surface area contributed by atoms with Crippen LogP contribution in [0.3, 0.4) is 0 Å². The largest absolute Gasteiger partial charge is 0.157 e. The molecule has 0 heterocycles. The molecule has 2 nitrogen and oxygen atoms in total. The molecule has 0 saturated carbocycles. The van der Waals surface area contributed by atoms with E-state index in [0.29, 0.717) is 0 Å². The molecule has 0 amide bonds. The second-order valence-electron chi connectivity index (χ2n) is 10.5. The summed E-state index contributed by atoms with van der Waals surface area (Å²) >= 11 is 0. The maximum Gasteiger partial charge on any atom is 0.157 e. The van der Waals surface area contributed by atoms with E-state index < -0.39 is 17.6 Å². The Hall–Kier alpha value is -4.65. The van der Waals surface area contributed by atoms with Crippen LogP contribution < -0.4 is 31.1 Å². The molecule has 42 heavy (non-hydrogen) atoms. The molecule has 0 aliphatic rings. The van der Waals surface area contributed by atoms with Crippen LogP contribution in [0.25, 0.3) is 0 Å². The topological polar surface area (TPSA) is 24.7 Å². The van der Waals surface area contributed by atoms with E-state index in [4.69, 9.17) is 10.2 Å². The Morgan fingerprint density at radius 3 is 0.929 bits per heavy atom. The Labute approximate surface area is 252 Å². The molecule has 0 aromatic heterocycles. The monoisotopic (exact) mass is 572 g/mol. The quantitative estimate of drug-likeness (QED) is 0.126. The van der Waals surface area contributed by atoms with E-state index >= 15 is 0 Å². The first-order valence-electron chi connectivity index (χ1n) is 14.3. The third-order valence-electron chi connectivity index (χ3n) is 7.36. The van der Waals surface area contributed by atoms with Crippen molar-refractivity contribution in [2.24, 2.45) is 10.2 Å². The van der Waals surface area contributed by atoms with Crippen LogP contribution in [0.5, 0.6) is 0 Å². The molecule has 0 saturated heterocycles. The number of nitrogens with zero attached hydrogens (tertiary/aromatic N) is 2. The molecule has 0 atom stereocenters. The molecule has 6 aromatic carbocycles. The number of benzene rings is 6. The van der Waals surface area contributed by atoms with E-state index in [-0.39, 0.29) is 0 Å². The normalized spacial score (nSPS) is 11.4. The lowest BCUT2D eigenvalue weighted by Crippen LogP contribution is -2.52. The summed E-state index contributed by atoms with van der Waals surface area (Å²) in [7, 11) is -2.60. The molecule has 0 spiro atoms. The molecule has 6 aromatic rings. The van der Waals surface area contributed by atoms with Gasteiger partial charge in [-0.15, -0.1) is 0 Å². The van der Waals surface area contributed by atoms with Crippen LogP contribution in [-0.2, 0) is 0 Å². The lowest BCUT2D eigenvalue weighted by Gasteiger charge is -2.20. The van der Waals surface area contributed by atoms with Gasteiger partial charge in [-0.25, -0.2) is 0 Å². The van der Waals surface area contributed by atoms with Gasteiger partial charge in [-0.05, 0) is 36.4 Å². The van der Waals surface area contributed by atoms with Crippen molar-refractivity contribution in [2.45, 2.75) is 13.8 Å². The van der Waals surface area contributed by atoms with Gasteiger partial charge in [0.25, 0.3) is 0 Å². The highest BCUT2D eigenvalue weighted by Crippen LogP contribution is 2.19.